The highest BCUT2D eigenvalue weighted by atomic mass is 32.2. The van der Waals surface area contributed by atoms with Crippen LogP contribution in [0, 0.1) is 0 Å². The fourth-order valence-electron chi connectivity index (χ4n) is 3.84. The molecule has 13 heteroatoms. The molecule has 2 amide bonds. The van der Waals surface area contributed by atoms with E-state index < -0.39 is 28.3 Å². The largest absolute Gasteiger partial charge is 0.457 e. The topological polar surface area (TPSA) is 162 Å². The zero-order valence-electron chi connectivity index (χ0n) is 22.6. The molecule has 42 heavy (non-hydrogen) atoms. The fourth-order valence-corrected chi connectivity index (χ4v) is 4.99. The van der Waals surface area contributed by atoms with Gasteiger partial charge < -0.3 is 20.1 Å². The van der Waals surface area contributed by atoms with E-state index in [0.29, 0.717) is 29.4 Å². The number of anilines is 1. The lowest BCUT2D eigenvalue weighted by Gasteiger charge is -2.17. The minimum Gasteiger partial charge on any atom is -0.457 e. The number of ether oxygens (including phenoxy) is 2. The molecule has 4 aromatic rings. The smallest absolute Gasteiger partial charge is 0.408 e. The molecule has 1 aromatic heterocycles. The molecule has 0 aliphatic heterocycles. The molecule has 5 N–H and O–H groups in total. The number of alkyl carbamates (subject to hydrolysis) is 1. The minimum absolute atomic E-state index is 0.0459. The number of carbonyl (C=O) groups is 2. The summed E-state index contributed by atoms with van der Waals surface area (Å²) >= 11 is 1.25. The van der Waals surface area contributed by atoms with Gasteiger partial charge in [-0.1, -0.05) is 48.5 Å². The molecule has 0 unspecified atom stereocenters. The van der Waals surface area contributed by atoms with Gasteiger partial charge in [-0.05, 0) is 61.2 Å². The monoisotopic (exact) mass is 609 g/mol. The number of unbranched alkanes of at least 4 members (excludes halogenated alkanes) is 1. The van der Waals surface area contributed by atoms with E-state index in [2.05, 4.69) is 20.3 Å². The second-order valence-electron chi connectivity index (χ2n) is 9.16. The molecule has 3 aromatic carbocycles. The average molecular weight is 610 g/mol. The number of rotatable bonds is 14. The van der Waals surface area contributed by atoms with E-state index in [1.165, 1.54) is 11.3 Å². The third kappa shape index (κ3) is 10.3. The van der Waals surface area contributed by atoms with Crippen LogP contribution in [0.15, 0.2) is 90.3 Å². The molecule has 11 nitrogen and oxygen atoms in total. The van der Waals surface area contributed by atoms with E-state index in [9.17, 15) is 18.0 Å². The van der Waals surface area contributed by atoms with Crippen molar-refractivity contribution in [1.82, 2.24) is 15.0 Å². The molecule has 1 heterocycles. The van der Waals surface area contributed by atoms with Crippen LogP contribution < -0.4 is 25.2 Å². The number of nitrogens with one attached hydrogen (secondary N) is 3. The summed E-state index contributed by atoms with van der Waals surface area (Å²) in [5.74, 6) is 0.941. The van der Waals surface area contributed by atoms with Gasteiger partial charge in [-0.15, -0.1) is 11.3 Å². The molecular weight excluding hydrogens is 578 g/mol. The van der Waals surface area contributed by atoms with Crippen molar-refractivity contribution in [2.45, 2.75) is 31.9 Å². The predicted octanol–water partition coefficient (Wildman–Crippen LogP) is 4.80. The normalized spacial score (nSPS) is 11.8. The number of carbonyl (C=O) groups excluding carboxylic acids is 2. The zero-order valence-corrected chi connectivity index (χ0v) is 24.2. The number of nitrogens with two attached hydrogens (primary N) is 1. The van der Waals surface area contributed by atoms with E-state index in [1.807, 2.05) is 90.3 Å². The van der Waals surface area contributed by atoms with Gasteiger partial charge in [-0.3, -0.25) is 4.79 Å². The average Bonchev–Trinajstić information content (AvgIpc) is 3.44. The van der Waals surface area contributed by atoms with Crippen molar-refractivity contribution in [3.8, 4) is 22.8 Å². The van der Waals surface area contributed by atoms with Crippen molar-refractivity contribution < 1.29 is 27.5 Å². The summed E-state index contributed by atoms with van der Waals surface area (Å²) in [7, 11) is -3.80. The second kappa shape index (κ2) is 15.1. The first-order valence-electron chi connectivity index (χ1n) is 13.1. The first-order valence-corrected chi connectivity index (χ1v) is 15.5. The molecule has 1 atom stereocenters. The van der Waals surface area contributed by atoms with Crippen molar-refractivity contribution in [2.75, 3.05) is 11.9 Å². The third-order valence-corrected chi connectivity index (χ3v) is 7.27. The maximum Gasteiger partial charge on any atom is 0.408 e. The van der Waals surface area contributed by atoms with Crippen LogP contribution in [0.2, 0.25) is 0 Å². The van der Waals surface area contributed by atoms with Gasteiger partial charge in [0.15, 0.2) is 5.13 Å². The number of para-hydroxylation sites is 1. The van der Waals surface area contributed by atoms with Crippen LogP contribution in [0.25, 0.3) is 11.3 Å². The number of aromatic nitrogens is 1. The Labute approximate surface area is 248 Å². The van der Waals surface area contributed by atoms with Gasteiger partial charge >= 0.3 is 6.09 Å². The van der Waals surface area contributed by atoms with Gasteiger partial charge in [0.2, 0.25) is 5.91 Å². The molecule has 0 radical (unpaired) electrons. The van der Waals surface area contributed by atoms with Crippen LogP contribution in [0.3, 0.4) is 0 Å². The Morgan fingerprint density at radius 1 is 0.905 bits per heavy atom. The molecule has 0 fully saturated rings. The molecule has 0 saturated carbocycles. The highest BCUT2D eigenvalue weighted by Gasteiger charge is 2.22. The van der Waals surface area contributed by atoms with Crippen LogP contribution in [-0.4, -0.2) is 38.0 Å². The molecular formula is C29H31N5O6S2. The molecule has 0 bridgehead atoms. The van der Waals surface area contributed by atoms with Crippen LogP contribution in [0.5, 0.6) is 11.5 Å². The lowest BCUT2D eigenvalue weighted by atomic mass is 10.1. The molecule has 0 spiro atoms. The Hall–Kier alpha value is -4.30. The van der Waals surface area contributed by atoms with E-state index in [4.69, 9.17) is 14.6 Å². The summed E-state index contributed by atoms with van der Waals surface area (Å²) in [5, 5.41) is 12.5. The third-order valence-electron chi connectivity index (χ3n) is 5.91. The summed E-state index contributed by atoms with van der Waals surface area (Å²) in [6.07, 6.45) is 0.325. The summed E-state index contributed by atoms with van der Waals surface area (Å²) in [4.78, 5) is 30.2. The quantitative estimate of drug-likeness (QED) is 0.149. The highest BCUT2D eigenvalue weighted by molar-refractivity contribution is 7.87. The van der Waals surface area contributed by atoms with Gasteiger partial charge in [0.1, 0.15) is 24.1 Å². The maximum absolute atomic E-state index is 13.1. The fraction of sp³-hybridized carbons (Fsp3) is 0.207. The van der Waals surface area contributed by atoms with E-state index in [1.54, 1.807) is 0 Å². The first kappa shape index (κ1) is 30.7. The predicted molar refractivity (Wildman–Crippen MR) is 161 cm³/mol. The van der Waals surface area contributed by atoms with Crippen molar-refractivity contribution in [1.29, 1.82) is 0 Å². The zero-order chi connectivity index (χ0) is 29.8. The lowest BCUT2D eigenvalue weighted by Crippen LogP contribution is -2.44. The number of benzene rings is 3. The van der Waals surface area contributed by atoms with Crippen LogP contribution in [0.1, 0.15) is 24.8 Å². The number of amides is 2. The van der Waals surface area contributed by atoms with Crippen molar-refractivity contribution in [2.24, 2.45) is 5.14 Å². The highest BCUT2D eigenvalue weighted by Crippen LogP contribution is 2.28. The Kier molecular flexibility index (Phi) is 11.0. The molecule has 0 aliphatic rings. The van der Waals surface area contributed by atoms with Gasteiger partial charge in [-0.25, -0.2) is 19.6 Å². The first-order chi connectivity index (χ1) is 20.2. The number of thiazole rings is 1. The summed E-state index contributed by atoms with van der Waals surface area (Å²) < 4.78 is 35.5. The van der Waals surface area contributed by atoms with E-state index in [-0.39, 0.29) is 19.6 Å². The van der Waals surface area contributed by atoms with Gasteiger partial charge in [-0.2, -0.15) is 8.42 Å². The summed E-state index contributed by atoms with van der Waals surface area (Å²) in [6, 6.07) is 25.1. The lowest BCUT2D eigenvalue weighted by molar-refractivity contribution is -0.118. The van der Waals surface area contributed by atoms with Crippen molar-refractivity contribution in [3.05, 3.63) is 95.9 Å². The van der Waals surface area contributed by atoms with Crippen LogP contribution in [0.4, 0.5) is 9.93 Å². The summed E-state index contributed by atoms with van der Waals surface area (Å²) in [6.45, 7) is 0.154. The van der Waals surface area contributed by atoms with Crippen molar-refractivity contribution in [3.63, 3.8) is 0 Å². The van der Waals surface area contributed by atoms with Crippen LogP contribution in [-0.2, 0) is 26.3 Å². The second-order valence-corrected chi connectivity index (χ2v) is 11.4. The standard InChI is InChI=1S/C29H31N5O6S2/c30-42(37,38)31-18-8-7-13-25(33-29(36)39-19-21-9-3-1-4-10-21)27(35)34-28-32-26(20-41-28)22-14-16-24(17-15-22)40-23-11-5-2-6-12-23/h1-6,9-12,14-17,20,25,31H,7-8,13,18-19H2,(H,33,36)(H2,30,37,38)(H,32,34,35)/t25-/m0/s1. The van der Waals surface area contributed by atoms with Gasteiger partial charge in [0.25, 0.3) is 10.2 Å². The van der Waals surface area contributed by atoms with Gasteiger partial charge in [0, 0.05) is 17.5 Å². The van der Waals surface area contributed by atoms with E-state index in [0.717, 1.165) is 16.9 Å². The van der Waals surface area contributed by atoms with Gasteiger partial charge in [0.05, 0.1) is 5.69 Å². The molecule has 0 saturated heterocycles. The minimum atomic E-state index is -3.80. The Morgan fingerprint density at radius 3 is 2.26 bits per heavy atom. The SMILES string of the molecule is NS(=O)(=O)NCCCC[C@H](NC(=O)OCc1ccccc1)C(=O)Nc1nc(-c2ccc(Oc3ccccc3)cc2)cs1. The molecule has 4 rings (SSSR count). The Morgan fingerprint density at radius 2 is 1.57 bits per heavy atom. The number of nitrogens with zero attached hydrogens (tertiary/aromatic N) is 1. The van der Waals surface area contributed by atoms with E-state index >= 15 is 0 Å². The number of hydrogen-bond donors (Lipinski definition) is 4. The molecule has 220 valence electrons. The Bertz CT molecular complexity index is 1550. The number of hydrogen-bond acceptors (Lipinski definition) is 8. The Balaban J connectivity index is 1.35. The molecule has 0 aliphatic carbocycles. The maximum atomic E-state index is 13.1. The van der Waals surface area contributed by atoms with Crippen molar-refractivity contribution >= 4 is 38.7 Å². The van der Waals surface area contributed by atoms with Crippen LogP contribution >= 0.6 is 11.3 Å². The summed E-state index contributed by atoms with van der Waals surface area (Å²) in [5.41, 5.74) is 2.31.